The lowest BCUT2D eigenvalue weighted by atomic mass is 10.1. The van der Waals surface area contributed by atoms with E-state index in [-0.39, 0.29) is 5.82 Å². The van der Waals surface area contributed by atoms with Gasteiger partial charge in [-0.1, -0.05) is 23.7 Å². The van der Waals surface area contributed by atoms with Gasteiger partial charge in [-0.3, -0.25) is 9.50 Å². The van der Waals surface area contributed by atoms with Crippen LogP contribution in [0.3, 0.4) is 0 Å². The number of aromatic amines is 1. The molecule has 0 spiro atoms. The lowest BCUT2D eigenvalue weighted by Crippen LogP contribution is -1.93. The predicted octanol–water partition coefficient (Wildman–Crippen LogP) is 4.13. The van der Waals surface area contributed by atoms with E-state index in [0.717, 1.165) is 11.3 Å². The molecule has 3 heterocycles. The van der Waals surface area contributed by atoms with Gasteiger partial charge in [-0.25, -0.2) is 9.37 Å². The molecular weight excluding hydrogens is 355 g/mol. The number of aromatic nitrogens is 6. The molecule has 0 bridgehead atoms. The molecule has 5 rings (SSSR count). The van der Waals surface area contributed by atoms with Crippen molar-refractivity contribution in [3.05, 3.63) is 65.7 Å². The van der Waals surface area contributed by atoms with E-state index in [1.165, 1.54) is 12.1 Å². The van der Waals surface area contributed by atoms with E-state index >= 15 is 0 Å². The maximum atomic E-state index is 13.6. The van der Waals surface area contributed by atoms with E-state index < -0.39 is 0 Å². The molecule has 0 saturated heterocycles. The Morgan fingerprint density at radius 2 is 1.85 bits per heavy atom. The second-order valence-electron chi connectivity index (χ2n) is 5.80. The highest BCUT2D eigenvalue weighted by atomic mass is 35.5. The molecule has 8 heteroatoms. The highest BCUT2D eigenvalue weighted by Gasteiger charge is 2.14. The van der Waals surface area contributed by atoms with Crippen molar-refractivity contribution in [3.8, 4) is 22.8 Å². The summed E-state index contributed by atoms with van der Waals surface area (Å²) < 4.78 is 15.3. The molecule has 0 aliphatic carbocycles. The summed E-state index contributed by atoms with van der Waals surface area (Å²) in [6, 6.07) is 13.7. The monoisotopic (exact) mass is 364 g/mol. The van der Waals surface area contributed by atoms with Crippen LogP contribution in [0, 0.1) is 5.82 Å². The van der Waals surface area contributed by atoms with Gasteiger partial charge in [-0.05, 0) is 36.4 Å². The highest BCUT2D eigenvalue weighted by Crippen LogP contribution is 2.26. The lowest BCUT2D eigenvalue weighted by Gasteiger charge is -2.00. The van der Waals surface area contributed by atoms with Crippen LogP contribution < -0.4 is 0 Å². The summed E-state index contributed by atoms with van der Waals surface area (Å²) in [5.74, 6) is 0.204. The number of hydrogen-bond acceptors (Lipinski definition) is 4. The van der Waals surface area contributed by atoms with Gasteiger partial charge in [0.2, 0.25) is 0 Å². The first-order chi connectivity index (χ1) is 12.7. The van der Waals surface area contributed by atoms with Gasteiger partial charge in [-0.15, -0.1) is 10.2 Å². The SMILES string of the molecule is Fc1ccc2ncn3c(-c4cc(-c5ccc(Cl)cc5)n[nH]4)nnc3c2c1. The Balaban J connectivity index is 1.64. The predicted molar refractivity (Wildman–Crippen MR) is 96.3 cm³/mol. The molecule has 0 aliphatic heterocycles. The third-order valence-corrected chi connectivity index (χ3v) is 4.42. The molecule has 5 aromatic rings. The van der Waals surface area contributed by atoms with E-state index in [4.69, 9.17) is 11.6 Å². The number of hydrogen-bond donors (Lipinski definition) is 1. The van der Waals surface area contributed by atoms with Crippen LogP contribution in [0.5, 0.6) is 0 Å². The zero-order valence-corrected chi connectivity index (χ0v) is 13.9. The first-order valence-corrected chi connectivity index (χ1v) is 8.17. The van der Waals surface area contributed by atoms with Crippen molar-refractivity contribution in [1.29, 1.82) is 0 Å². The fraction of sp³-hybridized carbons (Fsp3) is 0. The van der Waals surface area contributed by atoms with Crippen molar-refractivity contribution in [1.82, 2.24) is 29.8 Å². The largest absolute Gasteiger partial charge is 0.274 e. The van der Waals surface area contributed by atoms with Crippen molar-refractivity contribution in [2.45, 2.75) is 0 Å². The number of nitrogens with one attached hydrogen (secondary N) is 1. The first kappa shape index (κ1) is 15.0. The molecule has 6 nitrogen and oxygen atoms in total. The van der Waals surface area contributed by atoms with Crippen molar-refractivity contribution < 1.29 is 4.39 Å². The third-order valence-electron chi connectivity index (χ3n) is 4.17. The Hall–Kier alpha value is -3.32. The summed E-state index contributed by atoms with van der Waals surface area (Å²) in [6.45, 7) is 0. The van der Waals surface area contributed by atoms with Crippen LogP contribution >= 0.6 is 11.6 Å². The van der Waals surface area contributed by atoms with Crippen LogP contribution in [-0.2, 0) is 0 Å². The molecule has 0 fully saturated rings. The van der Waals surface area contributed by atoms with Gasteiger partial charge in [0.1, 0.15) is 17.8 Å². The second-order valence-corrected chi connectivity index (χ2v) is 6.23. The van der Waals surface area contributed by atoms with Crippen molar-refractivity contribution in [2.75, 3.05) is 0 Å². The zero-order valence-electron chi connectivity index (χ0n) is 13.2. The molecule has 2 aromatic carbocycles. The van der Waals surface area contributed by atoms with E-state index in [1.54, 1.807) is 16.8 Å². The van der Waals surface area contributed by atoms with Crippen molar-refractivity contribution in [3.63, 3.8) is 0 Å². The Bertz CT molecular complexity index is 1260. The molecule has 0 radical (unpaired) electrons. The van der Waals surface area contributed by atoms with Crippen LogP contribution in [0.1, 0.15) is 0 Å². The Morgan fingerprint density at radius 1 is 1.00 bits per heavy atom. The Morgan fingerprint density at radius 3 is 2.69 bits per heavy atom. The summed E-state index contributed by atoms with van der Waals surface area (Å²) in [5.41, 5.74) is 3.56. The summed E-state index contributed by atoms with van der Waals surface area (Å²) in [4.78, 5) is 4.35. The van der Waals surface area contributed by atoms with E-state index in [2.05, 4.69) is 25.4 Å². The van der Waals surface area contributed by atoms with Gasteiger partial charge >= 0.3 is 0 Å². The quantitative estimate of drug-likeness (QED) is 0.511. The normalized spacial score (nSPS) is 11.5. The smallest absolute Gasteiger partial charge is 0.187 e. The molecule has 26 heavy (non-hydrogen) atoms. The lowest BCUT2D eigenvalue weighted by molar-refractivity contribution is 0.629. The number of nitrogens with zero attached hydrogens (tertiary/aromatic N) is 5. The van der Waals surface area contributed by atoms with Gasteiger partial charge in [0, 0.05) is 16.0 Å². The van der Waals surface area contributed by atoms with Crippen molar-refractivity contribution >= 4 is 28.2 Å². The average molecular weight is 365 g/mol. The minimum atomic E-state index is -0.344. The Kier molecular flexibility index (Phi) is 3.23. The van der Waals surface area contributed by atoms with E-state index in [9.17, 15) is 4.39 Å². The molecule has 126 valence electrons. The van der Waals surface area contributed by atoms with Crippen LogP contribution in [0.15, 0.2) is 54.9 Å². The molecule has 0 amide bonds. The maximum Gasteiger partial charge on any atom is 0.187 e. The molecule has 0 aliphatic rings. The van der Waals surface area contributed by atoms with Gasteiger partial charge < -0.3 is 0 Å². The molecule has 0 saturated carbocycles. The van der Waals surface area contributed by atoms with Gasteiger partial charge in [0.05, 0.1) is 11.2 Å². The summed E-state index contributed by atoms with van der Waals surface area (Å²) in [7, 11) is 0. The number of fused-ring (bicyclic) bond motifs is 3. The molecular formula is C18H10ClFN6. The fourth-order valence-corrected chi connectivity index (χ4v) is 3.02. The number of halogens is 2. The van der Waals surface area contributed by atoms with E-state index in [1.807, 2.05) is 30.3 Å². The van der Waals surface area contributed by atoms with Crippen LogP contribution in [-0.4, -0.2) is 29.8 Å². The topological polar surface area (TPSA) is 71.8 Å². The van der Waals surface area contributed by atoms with Crippen LogP contribution in [0.2, 0.25) is 5.02 Å². The fourth-order valence-electron chi connectivity index (χ4n) is 2.89. The summed E-state index contributed by atoms with van der Waals surface area (Å²) >= 11 is 5.93. The minimum Gasteiger partial charge on any atom is -0.274 e. The molecule has 1 N–H and O–H groups in total. The number of H-pyrrole nitrogens is 1. The average Bonchev–Trinajstić information content (AvgIpc) is 3.29. The van der Waals surface area contributed by atoms with Crippen LogP contribution in [0.4, 0.5) is 4.39 Å². The summed E-state index contributed by atoms with van der Waals surface area (Å²) in [5, 5.41) is 17.0. The molecule has 3 aromatic heterocycles. The highest BCUT2D eigenvalue weighted by molar-refractivity contribution is 6.30. The van der Waals surface area contributed by atoms with Crippen LogP contribution in [0.25, 0.3) is 39.3 Å². The molecule has 0 atom stereocenters. The summed E-state index contributed by atoms with van der Waals surface area (Å²) in [6.07, 6.45) is 1.62. The molecule has 0 unspecified atom stereocenters. The maximum absolute atomic E-state index is 13.6. The number of benzene rings is 2. The van der Waals surface area contributed by atoms with Gasteiger partial charge in [0.15, 0.2) is 11.5 Å². The standard InChI is InChI=1S/C18H10ClFN6/c19-11-3-1-10(2-4-11)15-8-16(23-22-15)18-25-24-17-13-7-12(20)5-6-14(13)21-9-26(17)18/h1-9H,(H,22,23). The zero-order chi connectivity index (χ0) is 17.7. The Labute approximate surface area is 151 Å². The number of rotatable bonds is 2. The van der Waals surface area contributed by atoms with E-state index in [0.29, 0.717) is 33.1 Å². The van der Waals surface area contributed by atoms with Gasteiger partial charge in [0.25, 0.3) is 0 Å². The second kappa shape index (κ2) is 5.60. The van der Waals surface area contributed by atoms with Gasteiger partial charge in [-0.2, -0.15) is 5.10 Å². The minimum absolute atomic E-state index is 0.344. The first-order valence-electron chi connectivity index (χ1n) is 7.80. The van der Waals surface area contributed by atoms with Crippen molar-refractivity contribution in [2.24, 2.45) is 0 Å². The third kappa shape index (κ3) is 2.33.